The van der Waals surface area contributed by atoms with Crippen LogP contribution in [-0.4, -0.2) is 8.42 Å². The molecule has 4 aromatic rings. The molecule has 2 nitrogen and oxygen atoms in total. The monoisotopic (exact) mass is 530 g/mol. The van der Waals surface area contributed by atoms with E-state index in [2.05, 4.69) is 88.3 Å². The fourth-order valence-electron chi connectivity index (χ4n) is 4.04. The van der Waals surface area contributed by atoms with Crippen LogP contribution in [0.5, 0.6) is 0 Å². The van der Waals surface area contributed by atoms with E-state index < -0.39 is 14.4 Å². The van der Waals surface area contributed by atoms with Crippen molar-refractivity contribution in [2.75, 3.05) is 0 Å². The summed E-state index contributed by atoms with van der Waals surface area (Å²) >= 11 is 4.40. The number of halogens is 2. The summed E-state index contributed by atoms with van der Waals surface area (Å²) in [6.07, 6.45) is 0.687. The molecule has 31 heavy (non-hydrogen) atoms. The van der Waals surface area contributed by atoms with E-state index in [9.17, 15) is 8.42 Å². The molecule has 0 N–H and O–H groups in total. The van der Waals surface area contributed by atoms with Crippen LogP contribution in [0.2, 0.25) is 0 Å². The SMILES string of the molecule is O=S(=O)(Cl)c1ccc(CP(Br)(c2ccccc2)(c2ccccc2)c2ccccc2)cc1. The van der Waals surface area contributed by atoms with Crippen LogP contribution in [0.4, 0.5) is 0 Å². The molecule has 0 unspecified atom stereocenters. The first-order chi connectivity index (χ1) is 14.8. The molecule has 0 atom stereocenters. The Morgan fingerprint density at radius 1 is 0.613 bits per heavy atom. The van der Waals surface area contributed by atoms with Gasteiger partial charge in [-0.05, 0) is 0 Å². The van der Waals surface area contributed by atoms with E-state index in [1.165, 1.54) is 15.9 Å². The molecular formula is C25H21BrClO2PS. The van der Waals surface area contributed by atoms with Crippen LogP contribution < -0.4 is 15.9 Å². The molecule has 0 aliphatic rings. The number of hydrogen-bond donors (Lipinski definition) is 0. The zero-order valence-electron chi connectivity index (χ0n) is 16.6. The predicted molar refractivity (Wildman–Crippen MR) is 137 cm³/mol. The van der Waals surface area contributed by atoms with Gasteiger partial charge in [-0.1, -0.05) is 0 Å². The Hall–Kier alpha value is -1.97. The van der Waals surface area contributed by atoms with E-state index in [0.717, 1.165) is 5.56 Å². The molecule has 0 heterocycles. The van der Waals surface area contributed by atoms with Gasteiger partial charge in [-0.25, -0.2) is 0 Å². The average molecular weight is 532 g/mol. The third-order valence-corrected chi connectivity index (χ3v) is 16.5. The van der Waals surface area contributed by atoms with E-state index in [-0.39, 0.29) is 4.90 Å². The maximum absolute atomic E-state index is 11.7. The summed E-state index contributed by atoms with van der Waals surface area (Å²) < 4.78 is 23.4. The molecule has 0 amide bonds. The Kier molecular flexibility index (Phi) is 6.11. The predicted octanol–water partition coefficient (Wildman–Crippen LogP) is 5.95. The Bertz CT molecular complexity index is 1180. The van der Waals surface area contributed by atoms with Gasteiger partial charge in [0.05, 0.1) is 0 Å². The van der Waals surface area contributed by atoms with Gasteiger partial charge >= 0.3 is 197 Å². The van der Waals surface area contributed by atoms with Gasteiger partial charge in [0.15, 0.2) is 0 Å². The zero-order valence-corrected chi connectivity index (χ0v) is 20.7. The van der Waals surface area contributed by atoms with Crippen molar-refractivity contribution in [1.82, 2.24) is 0 Å². The van der Waals surface area contributed by atoms with Gasteiger partial charge in [-0.15, -0.1) is 0 Å². The van der Waals surface area contributed by atoms with Gasteiger partial charge in [0.25, 0.3) is 0 Å². The molecule has 0 bridgehead atoms. The first kappa shape index (κ1) is 22.2. The van der Waals surface area contributed by atoms with E-state index in [0.29, 0.717) is 6.16 Å². The van der Waals surface area contributed by atoms with Crippen LogP contribution >= 0.6 is 31.5 Å². The third-order valence-electron chi connectivity index (χ3n) is 5.57. The van der Waals surface area contributed by atoms with Crippen LogP contribution in [0.1, 0.15) is 5.56 Å². The molecule has 0 aromatic heterocycles. The molecule has 4 aromatic carbocycles. The molecule has 6 heteroatoms. The summed E-state index contributed by atoms with van der Waals surface area (Å²) in [5, 5.41) is 0.509. The van der Waals surface area contributed by atoms with Gasteiger partial charge in [-0.3, -0.25) is 0 Å². The molecule has 0 aliphatic carbocycles. The summed E-state index contributed by atoms with van der Waals surface area (Å²) in [5.74, 6) is 0. The van der Waals surface area contributed by atoms with E-state index in [1.807, 2.05) is 30.3 Å². The number of rotatable bonds is 6. The molecule has 0 aliphatic heterocycles. The van der Waals surface area contributed by atoms with Crippen molar-refractivity contribution < 1.29 is 8.42 Å². The van der Waals surface area contributed by atoms with E-state index in [4.69, 9.17) is 10.7 Å². The molecule has 158 valence electrons. The number of hydrogen-bond acceptors (Lipinski definition) is 2. The van der Waals surface area contributed by atoms with E-state index in [1.54, 1.807) is 12.1 Å². The van der Waals surface area contributed by atoms with Gasteiger partial charge in [0.1, 0.15) is 0 Å². The van der Waals surface area contributed by atoms with Crippen molar-refractivity contribution in [1.29, 1.82) is 0 Å². The van der Waals surface area contributed by atoms with Crippen molar-refractivity contribution in [3.8, 4) is 0 Å². The molecule has 0 spiro atoms. The van der Waals surface area contributed by atoms with Crippen LogP contribution in [-0.2, 0) is 15.2 Å². The molecule has 0 saturated heterocycles. The summed E-state index contributed by atoms with van der Waals surface area (Å²) in [6, 6.07) is 38.3. The first-order valence-electron chi connectivity index (χ1n) is 9.75. The average Bonchev–Trinajstić information content (AvgIpc) is 2.81. The first-order valence-corrected chi connectivity index (χ1v) is 16.5. The maximum atomic E-state index is 11.7. The van der Waals surface area contributed by atoms with Crippen molar-refractivity contribution in [3.63, 3.8) is 0 Å². The molecule has 0 fully saturated rings. The molecular weight excluding hydrogens is 511 g/mol. The minimum absolute atomic E-state index is 0.104. The fourth-order valence-corrected chi connectivity index (χ4v) is 12.5. The van der Waals surface area contributed by atoms with Crippen LogP contribution in [0, 0.1) is 0 Å². The summed E-state index contributed by atoms with van der Waals surface area (Å²) in [7, 11) is 1.77. The van der Waals surface area contributed by atoms with Crippen molar-refractivity contribution in [2.24, 2.45) is 0 Å². The second-order valence-electron chi connectivity index (χ2n) is 7.43. The number of benzene rings is 4. The molecule has 0 saturated carbocycles. The Morgan fingerprint density at radius 2 is 0.968 bits per heavy atom. The van der Waals surface area contributed by atoms with Gasteiger partial charge in [0, 0.05) is 0 Å². The summed E-state index contributed by atoms with van der Waals surface area (Å²) in [5.41, 5.74) is 1.02. The van der Waals surface area contributed by atoms with E-state index >= 15 is 0 Å². The van der Waals surface area contributed by atoms with Crippen LogP contribution in [0.25, 0.3) is 0 Å². The minimum atomic E-state index is -3.76. The van der Waals surface area contributed by atoms with Crippen LogP contribution in [0.15, 0.2) is 120 Å². The molecule has 4 rings (SSSR count). The quantitative estimate of drug-likeness (QED) is 0.227. The Labute approximate surface area is 196 Å². The van der Waals surface area contributed by atoms with Crippen molar-refractivity contribution >= 4 is 56.4 Å². The van der Waals surface area contributed by atoms with Gasteiger partial charge in [0.2, 0.25) is 0 Å². The standard InChI is InChI=1S/C25H21BrClO2PS/c26-30(22-10-4-1-5-11-22,23-12-6-2-7-13-23,24-14-8-3-9-15-24)20-21-16-18-25(19-17-21)31(27,28)29/h1-19H,20H2. The third kappa shape index (κ3) is 4.10. The molecule has 0 radical (unpaired) electrons. The second-order valence-corrected chi connectivity index (χ2v) is 18.9. The Balaban J connectivity index is 2.01. The second kappa shape index (κ2) is 8.52. The Morgan fingerprint density at radius 3 is 1.29 bits per heavy atom. The van der Waals surface area contributed by atoms with Crippen molar-refractivity contribution in [3.05, 3.63) is 121 Å². The topological polar surface area (TPSA) is 34.1 Å². The zero-order chi connectivity index (χ0) is 22.0. The fraction of sp³-hybridized carbons (Fsp3) is 0.0400. The van der Waals surface area contributed by atoms with Crippen LogP contribution in [0.3, 0.4) is 0 Å². The van der Waals surface area contributed by atoms with Crippen molar-refractivity contribution in [2.45, 2.75) is 11.1 Å². The normalized spacial score (nSPS) is 13.3. The summed E-state index contributed by atoms with van der Waals surface area (Å²) in [4.78, 5) is 0.104. The van der Waals surface area contributed by atoms with Gasteiger partial charge in [-0.2, -0.15) is 0 Å². The van der Waals surface area contributed by atoms with Gasteiger partial charge < -0.3 is 0 Å². The summed E-state index contributed by atoms with van der Waals surface area (Å²) in [6.45, 7) is 0.